The monoisotopic (exact) mass is 465 g/mol. The van der Waals surface area contributed by atoms with Gasteiger partial charge in [0.2, 0.25) is 0 Å². The summed E-state index contributed by atoms with van der Waals surface area (Å²) in [5.41, 5.74) is -1.32. The Balaban J connectivity index is 1.80. The number of ether oxygens (including phenoxy) is 3. The average Bonchev–Trinajstić information content (AvgIpc) is 3.10. The molecule has 1 atom stereocenters. The highest BCUT2D eigenvalue weighted by Gasteiger charge is 2.55. The van der Waals surface area contributed by atoms with Gasteiger partial charge in [-0.25, -0.2) is 0 Å². The van der Waals surface area contributed by atoms with E-state index in [0.29, 0.717) is 5.75 Å². The maximum Gasteiger partial charge on any atom is 0.259 e. The van der Waals surface area contributed by atoms with Crippen molar-refractivity contribution in [3.8, 4) is 23.0 Å². The maximum absolute atomic E-state index is 13.3. The predicted molar refractivity (Wildman–Crippen MR) is 120 cm³/mol. The zero-order valence-corrected chi connectivity index (χ0v) is 19.0. The van der Waals surface area contributed by atoms with Crippen LogP contribution in [0.4, 0.5) is 0 Å². The number of aliphatic hydroxyl groups excluding tert-OH is 1. The fourth-order valence-electron chi connectivity index (χ4n) is 4.33. The molecule has 9 heteroatoms. The van der Waals surface area contributed by atoms with Gasteiger partial charge in [-0.05, 0) is 19.9 Å². The molecule has 0 radical (unpaired) electrons. The molecule has 4 rings (SSSR count). The second-order valence-electron chi connectivity index (χ2n) is 8.05. The number of para-hydroxylation sites is 1. The maximum atomic E-state index is 13.3. The fourth-order valence-corrected chi connectivity index (χ4v) is 4.33. The number of methoxy groups -OCH3 is 2. The van der Waals surface area contributed by atoms with Gasteiger partial charge in [-0.15, -0.1) is 0 Å². The van der Waals surface area contributed by atoms with Crippen LogP contribution in [0.1, 0.15) is 35.3 Å². The fraction of sp³-hybridized carbons (Fsp3) is 0.240. The average molecular weight is 465 g/mol. The first kappa shape index (κ1) is 22.9. The molecule has 0 spiro atoms. The van der Waals surface area contributed by atoms with Crippen LogP contribution in [0.2, 0.25) is 0 Å². The summed E-state index contributed by atoms with van der Waals surface area (Å²) in [5, 5.41) is 23.8. The SMILES string of the molecule is COc1ccccc1CNC(=O)c1c(OC)cc(O)c2c1OC1=CC(O)=C(C(C)=O)C(=O)[C@]12C. The summed E-state index contributed by atoms with van der Waals surface area (Å²) in [6, 6.07) is 8.39. The van der Waals surface area contributed by atoms with E-state index in [-0.39, 0.29) is 40.7 Å². The Bertz CT molecular complexity index is 1310. The Morgan fingerprint density at radius 3 is 2.44 bits per heavy atom. The molecule has 0 unspecified atom stereocenters. The lowest BCUT2D eigenvalue weighted by Gasteiger charge is -2.27. The number of benzene rings is 2. The number of amides is 1. The predicted octanol–water partition coefficient (Wildman–Crippen LogP) is 2.86. The zero-order chi connectivity index (χ0) is 24.8. The lowest BCUT2D eigenvalue weighted by molar-refractivity contribution is -0.123. The molecule has 3 N–H and O–H groups in total. The van der Waals surface area contributed by atoms with Gasteiger partial charge in [0.05, 0.1) is 19.8 Å². The van der Waals surface area contributed by atoms with Gasteiger partial charge in [0.15, 0.2) is 17.3 Å². The van der Waals surface area contributed by atoms with Crippen molar-refractivity contribution >= 4 is 17.5 Å². The van der Waals surface area contributed by atoms with Crippen molar-refractivity contribution in [1.82, 2.24) is 5.32 Å². The van der Waals surface area contributed by atoms with Crippen molar-refractivity contribution in [2.24, 2.45) is 0 Å². The van der Waals surface area contributed by atoms with Crippen molar-refractivity contribution in [3.63, 3.8) is 0 Å². The summed E-state index contributed by atoms with van der Waals surface area (Å²) >= 11 is 0. The van der Waals surface area contributed by atoms with Crippen LogP contribution in [-0.4, -0.2) is 41.9 Å². The van der Waals surface area contributed by atoms with Crippen LogP contribution in [-0.2, 0) is 21.5 Å². The number of phenols is 1. The minimum Gasteiger partial charge on any atom is -0.507 e. The smallest absolute Gasteiger partial charge is 0.259 e. The molecule has 0 bridgehead atoms. The van der Waals surface area contributed by atoms with Crippen LogP contribution < -0.4 is 19.5 Å². The van der Waals surface area contributed by atoms with E-state index in [1.807, 2.05) is 6.07 Å². The lowest BCUT2D eigenvalue weighted by Crippen LogP contribution is -2.38. The van der Waals surface area contributed by atoms with Crippen molar-refractivity contribution < 1.29 is 38.8 Å². The summed E-state index contributed by atoms with van der Waals surface area (Å²) in [6.45, 7) is 2.75. The molecule has 1 aliphatic carbocycles. The van der Waals surface area contributed by atoms with E-state index < -0.39 is 34.2 Å². The van der Waals surface area contributed by atoms with Gasteiger partial charge in [-0.2, -0.15) is 0 Å². The summed E-state index contributed by atoms with van der Waals surface area (Å²) < 4.78 is 16.5. The third kappa shape index (κ3) is 3.28. The second-order valence-corrected chi connectivity index (χ2v) is 8.05. The Morgan fingerprint density at radius 1 is 1.12 bits per heavy atom. The highest BCUT2D eigenvalue weighted by atomic mass is 16.5. The molecule has 2 aromatic rings. The number of allylic oxidation sites excluding steroid dienone is 3. The number of rotatable bonds is 6. The standard InChI is InChI=1S/C25H23NO8/c1-12(27)19-14(28)10-18-25(2,23(19)30)21-15(29)9-17(33-4)20(22(21)34-18)24(31)26-11-13-7-5-6-8-16(13)32-3/h5-10,28-29H,11H2,1-4H3,(H,26,31)/t25-/m1/s1. The van der Waals surface area contributed by atoms with Gasteiger partial charge < -0.3 is 29.7 Å². The van der Waals surface area contributed by atoms with Gasteiger partial charge in [0.25, 0.3) is 5.91 Å². The number of phenolic OH excluding ortho intramolecular Hbond substituents is 1. The number of Topliss-reactive ketones (excluding diaryl/α,β-unsaturated/α-hetero) is 2. The Kier molecular flexibility index (Phi) is 5.56. The summed E-state index contributed by atoms with van der Waals surface area (Å²) in [4.78, 5) is 38.6. The van der Waals surface area contributed by atoms with Crippen LogP contribution in [0.5, 0.6) is 23.0 Å². The first-order valence-corrected chi connectivity index (χ1v) is 10.4. The number of carbonyl (C=O) groups excluding carboxylic acids is 3. The molecule has 34 heavy (non-hydrogen) atoms. The summed E-state index contributed by atoms with van der Waals surface area (Å²) in [6.07, 6.45) is 1.15. The number of aliphatic hydroxyl groups is 1. The van der Waals surface area contributed by atoms with E-state index in [0.717, 1.165) is 18.6 Å². The summed E-state index contributed by atoms with van der Waals surface area (Å²) in [7, 11) is 2.85. The van der Waals surface area contributed by atoms with Crippen LogP contribution in [0.15, 0.2) is 53.5 Å². The zero-order valence-electron chi connectivity index (χ0n) is 19.0. The molecular weight excluding hydrogens is 442 g/mol. The van der Waals surface area contributed by atoms with E-state index in [1.165, 1.54) is 27.2 Å². The van der Waals surface area contributed by atoms with Crippen molar-refractivity contribution in [2.45, 2.75) is 25.8 Å². The van der Waals surface area contributed by atoms with E-state index in [4.69, 9.17) is 14.2 Å². The molecular formula is C25H23NO8. The molecule has 1 amide bonds. The van der Waals surface area contributed by atoms with Gasteiger partial charge >= 0.3 is 0 Å². The molecule has 0 fully saturated rings. The van der Waals surface area contributed by atoms with Gasteiger partial charge in [-0.3, -0.25) is 14.4 Å². The summed E-state index contributed by atoms with van der Waals surface area (Å²) in [5.74, 6) is -2.33. The minimum absolute atomic E-state index is 0.0123. The number of carbonyl (C=O) groups is 3. The molecule has 0 aromatic heterocycles. The van der Waals surface area contributed by atoms with Crippen molar-refractivity contribution in [1.29, 1.82) is 0 Å². The highest BCUT2D eigenvalue weighted by Crippen LogP contribution is 2.56. The third-order valence-electron chi connectivity index (χ3n) is 6.07. The van der Waals surface area contributed by atoms with Crippen molar-refractivity contribution in [2.75, 3.05) is 14.2 Å². The van der Waals surface area contributed by atoms with Crippen LogP contribution in [0.3, 0.4) is 0 Å². The quantitative estimate of drug-likeness (QED) is 0.555. The van der Waals surface area contributed by atoms with Crippen LogP contribution in [0, 0.1) is 0 Å². The molecule has 0 saturated heterocycles. The number of nitrogens with one attached hydrogen (secondary N) is 1. The van der Waals surface area contributed by atoms with Crippen molar-refractivity contribution in [3.05, 3.63) is 70.2 Å². The highest BCUT2D eigenvalue weighted by molar-refractivity contribution is 6.25. The number of ketones is 2. The molecule has 1 aliphatic heterocycles. The van der Waals surface area contributed by atoms with Gasteiger partial charge in [-0.1, -0.05) is 18.2 Å². The Labute approximate surface area is 195 Å². The Morgan fingerprint density at radius 2 is 1.79 bits per heavy atom. The van der Waals surface area contributed by atoms with E-state index in [9.17, 15) is 24.6 Å². The minimum atomic E-state index is -1.61. The molecule has 2 aliphatic rings. The molecule has 2 aromatic carbocycles. The van der Waals surface area contributed by atoms with E-state index in [2.05, 4.69) is 5.32 Å². The number of fused-ring (bicyclic) bond motifs is 3. The van der Waals surface area contributed by atoms with Crippen LogP contribution >= 0.6 is 0 Å². The lowest BCUT2D eigenvalue weighted by atomic mass is 9.71. The first-order chi connectivity index (χ1) is 16.1. The first-order valence-electron chi connectivity index (χ1n) is 10.4. The topological polar surface area (TPSA) is 131 Å². The van der Waals surface area contributed by atoms with E-state index in [1.54, 1.807) is 18.2 Å². The van der Waals surface area contributed by atoms with Gasteiger partial charge in [0, 0.05) is 24.3 Å². The largest absolute Gasteiger partial charge is 0.507 e. The van der Waals surface area contributed by atoms with Crippen LogP contribution in [0.25, 0.3) is 0 Å². The van der Waals surface area contributed by atoms with Gasteiger partial charge in [0.1, 0.15) is 45.3 Å². The number of aromatic hydroxyl groups is 1. The second kappa shape index (κ2) is 8.26. The number of hydrogen-bond donors (Lipinski definition) is 3. The molecule has 0 saturated carbocycles. The third-order valence-corrected chi connectivity index (χ3v) is 6.07. The molecule has 1 heterocycles. The Hall–Kier alpha value is -4.27. The van der Waals surface area contributed by atoms with E-state index >= 15 is 0 Å². The number of hydrogen-bond acceptors (Lipinski definition) is 8. The molecule has 9 nitrogen and oxygen atoms in total. The normalized spacial score (nSPS) is 18.5. The molecule has 176 valence electrons.